The lowest BCUT2D eigenvalue weighted by atomic mass is 9.87. The van der Waals surface area contributed by atoms with Crippen molar-refractivity contribution < 1.29 is 27.1 Å². The van der Waals surface area contributed by atoms with E-state index in [1.807, 2.05) is 46.4 Å². The fraction of sp³-hybridized carbons (Fsp3) is 0.667. The van der Waals surface area contributed by atoms with Crippen molar-refractivity contribution in [3.8, 4) is 0 Å². The van der Waals surface area contributed by atoms with E-state index in [4.69, 9.17) is 4.74 Å². The van der Waals surface area contributed by atoms with Gasteiger partial charge in [-0.1, -0.05) is 20.8 Å². The van der Waals surface area contributed by atoms with Gasteiger partial charge in [0.05, 0.1) is 12.3 Å². The van der Waals surface area contributed by atoms with Gasteiger partial charge >= 0.3 is 6.09 Å². The van der Waals surface area contributed by atoms with Gasteiger partial charge in [-0.25, -0.2) is 17.6 Å². The molecular weight excluding hydrogens is 461 g/mol. The largest absolute Gasteiger partial charge is 0.444 e. The predicted molar refractivity (Wildman–Crippen MR) is 128 cm³/mol. The molecular formula is C24H36FN3O5S. The minimum absolute atomic E-state index is 0.120. The standard InChI is InChI=1S/C24H36FN3O5S/c1-8-34(31,32)20-12-19-17(11-18(20)25)24(6,7)15-28(19)21(29)14-26-9-10-27(16(2)13-26)22(30)33-23(3,4)5/h11-12,16H,8-10,13-15H2,1-7H3/t16-/m1/s1. The molecule has 190 valence electrons. The maximum Gasteiger partial charge on any atom is 0.410 e. The molecule has 2 amide bonds. The quantitative estimate of drug-likeness (QED) is 0.635. The van der Waals surface area contributed by atoms with Crippen LogP contribution < -0.4 is 4.90 Å². The average Bonchev–Trinajstić information content (AvgIpc) is 2.96. The van der Waals surface area contributed by atoms with Crippen molar-refractivity contribution in [2.24, 2.45) is 0 Å². The number of hydrogen-bond acceptors (Lipinski definition) is 6. The van der Waals surface area contributed by atoms with Crippen molar-refractivity contribution >= 4 is 27.5 Å². The first-order chi connectivity index (χ1) is 15.6. The maximum absolute atomic E-state index is 14.7. The van der Waals surface area contributed by atoms with Gasteiger partial charge < -0.3 is 14.5 Å². The lowest BCUT2D eigenvalue weighted by Crippen LogP contribution is -2.56. The Morgan fingerprint density at radius 1 is 1.21 bits per heavy atom. The number of hydrogen-bond donors (Lipinski definition) is 0. The molecule has 0 aliphatic carbocycles. The molecule has 0 bridgehead atoms. The van der Waals surface area contributed by atoms with Crippen LogP contribution in [-0.2, 0) is 24.8 Å². The predicted octanol–water partition coefficient (Wildman–Crippen LogP) is 3.18. The van der Waals surface area contributed by atoms with E-state index in [0.717, 1.165) is 0 Å². The second-order valence-corrected chi connectivity index (χ2v) is 13.1. The van der Waals surface area contributed by atoms with Crippen molar-refractivity contribution in [1.29, 1.82) is 0 Å². The highest BCUT2D eigenvalue weighted by molar-refractivity contribution is 7.91. The number of carbonyl (C=O) groups is 2. The van der Waals surface area contributed by atoms with Gasteiger partial charge in [-0.15, -0.1) is 0 Å². The number of carbonyl (C=O) groups excluding carboxylic acids is 2. The van der Waals surface area contributed by atoms with Gasteiger partial charge in [0, 0.05) is 43.3 Å². The number of benzene rings is 1. The van der Waals surface area contributed by atoms with Gasteiger partial charge in [0.25, 0.3) is 0 Å². The molecule has 8 nitrogen and oxygen atoms in total. The summed E-state index contributed by atoms with van der Waals surface area (Å²) in [4.78, 5) is 30.6. The zero-order valence-electron chi connectivity index (χ0n) is 21.1. The summed E-state index contributed by atoms with van der Waals surface area (Å²) >= 11 is 0. The summed E-state index contributed by atoms with van der Waals surface area (Å²) in [7, 11) is -3.77. The van der Waals surface area contributed by atoms with Crippen LogP contribution in [0.3, 0.4) is 0 Å². The Bertz CT molecular complexity index is 1080. The molecule has 0 unspecified atom stereocenters. The van der Waals surface area contributed by atoms with E-state index in [-0.39, 0.29) is 35.2 Å². The van der Waals surface area contributed by atoms with Gasteiger partial charge in [-0.2, -0.15) is 0 Å². The maximum atomic E-state index is 14.7. The lowest BCUT2D eigenvalue weighted by molar-refractivity contribution is -0.120. The molecule has 1 saturated heterocycles. The molecule has 0 saturated carbocycles. The third-order valence-electron chi connectivity index (χ3n) is 6.34. The van der Waals surface area contributed by atoms with Crippen LogP contribution in [0, 0.1) is 5.82 Å². The number of halogens is 1. The highest BCUT2D eigenvalue weighted by Gasteiger charge is 2.41. The molecule has 3 rings (SSSR count). The molecule has 1 aromatic rings. The van der Waals surface area contributed by atoms with E-state index in [1.165, 1.54) is 19.1 Å². The minimum atomic E-state index is -3.77. The molecule has 1 aromatic carbocycles. The minimum Gasteiger partial charge on any atom is -0.444 e. The van der Waals surface area contributed by atoms with Gasteiger partial charge in [-0.05, 0) is 45.4 Å². The fourth-order valence-electron chi connectivity index (χ4n) is 4.54. The van der Waals surface area contributed by atoms with Crippen molar-refractivity contribution in [1.82, 2.24) is 9.80 Å². The Hall–Kier alpha value is -2.20. The smallest absolute Gasteiger partial charge is 0.410 e. The Morgan fingerprint density at radius 2 is 1.85 bits per heavy atom. The Morgan fingerprint density at radius 3 is 2.41 bits per heavy atom. The molecule has 0 radical (unpaired) electrons. The van der Waals surface area contributed by atoms with E-state index in [2.05, 4.69) is 0 Å². The summed E-state index contributed by atoms with van der Waals surface area (Å²) in [6.45, 7) is 14.6. The van der Waals surface area contributed by atoms with E-state index in [9.17, 15) is 22.4 Å². The summed E-state index contributed by atoms with van der Waals surface area (Å²) in [6, 6.07) is 2.43. The number of amides is 2. The second kappa shape index (κ2) is 9.11. The van der Waals surface area contributed by atoms with Crippen molar-refractivity contribution in [3.05, 3.63) is 23.5 Å². The van der Waals surface area contributed by atoms with Crippen LogP contribution in [0.4, 0.5) is 14.9 Å². The van der Waals surface area contributed by atoms with Gasteiger partial charge in [0.15, 0.2) is 9.84 Å². The second-order valence-electron chi connectivity index (χ2n) is 10.8. The first kappa shape index (κ1) is 26.4. The highest BCUT2D eigenvalue weighted by atomic mass is 32.2. The molecule has 1 atom stereocenters. The molecule has 2 aliphatic heterocycles. The van der Waals surface area contributed by atoms with E-state index < -0.39 is 26.7 Å². The van der Waals surface area contributed by atoms with Crippen LogP contribution in [0.15, 0.2) is 17.0 Å². The molecule has 10 heteroatoms. The molecule has 2 heterocycles. The molecule has 0 aromatic heterocycles. The zero-order valence-corrected chi connectivity index (χ0v) is 22.0. The van der Waals surface area contributed by atoms with E-state index in [1.54, 1.807) is 9.80 Å². The normalized spacial score (nSPS) is 20.9. The molecule has 0 N–H and O–H groups in total. The summed E-state index contributed by atoms with van der Waals surface area (Å²) in [6.07, 6.45) is -0.368. The summed E-state index contributed by atoms with van der Waals surface area (Å²) in [5.41, 5.74) is -0.0210. The van der Waals surface area contributed by atoms with Crippen LogP contribution in [0.25, 0.3) is 0 Å². The average molecular weight is 498 g/mol. The molecule has 2 aliphatic rings. The Labute approximate surface area is 201 Å². The first-order valence-electron chi connectivity index (χ1n) is 11.6. The summed E-state index contributed by atoms with van der Waals surface area (Å²) in [5, 5.41) is 0. The van der Waals surface area contributed by atoms with Crippen LogP contribution in [0.5, 0.6) is 0 Å². The van der Waals surface area contributed by atoms with Crippen molar-refractivity contribution in [2.75, 3.05) is 43.4 Å². The van der Waals surface area contributed by atoms with Crippen LogP contribution in [-0.4, -0.2) is 80.3 Å². The molecule has 34 heavy (non-hydrogen) atoms. The number of sulfone groups is 1. The molecule has 0 spiro atoms. The topological polar surface area (TPSA) is 87.2 Å². The SMILES string of the molecule is CCS(=O)(=O)c1cc2c(cc1F)C(C)(C)CN2C(=O)CN1CCN(C(=O)OC(C)(C)C)[C@H](C)C1. The molecule has 1 fully saturated rings. The number of rotatable bonds is 4. The monoisotopic (exact) mass is 497 g/mol. The van der Waals surface area contributed by atoms with Crippen LogP contribution in [0.2, 0.25) is 0 Å². The Kier molecular flexibility index (Phi) is 7.07. The van der Waals surface area contributed by atoms with E-state index in [0.29, 0.717) is 37.4 Å². The van der Waals surface area contributed by atoms with Gasteiger partial charge in [0.2, 0.25) is 5.91 Å². The van der Waals surface area contributed by atoms with Crippen molar-refractivity contribution in [3.63, 3.8) is 0 Å². The Balaban J connectivity index is 1.76. The number of piperazine rings is 1. The third kappa shape index (κ3) is 5.38. The number of anilines is 1. The van der Waals surface area contributed by atoms with Gasteiger partial charge in [0.1, 0.15) is 16.3 Å². The fourth-order valence-corrected chi connectivity index (χ4v) is 5.49. The van der Waals surface area contributed by atoms with Crippen LogP contribution in [0.1, 0.15) is 54.0 Å². The van der Waals surface area contributed by atoms with Crippen molar-refractivity contribution in [2.45, 2.75) is 70.4 Å². The zero-order chi connectivity index (χ0) is 25.6. The number of nitrogens with zero attached hydrogens (tertiary/aromatic N) is 3. The summed E-state index contributed by atoms with van der Waals surface area (Å²) in [5.74, 6) is -1.19. The van der Waals surface area contributed by atoms with Gasteiger partial charge in [-0.3, -0.25) is 9.69 Å². The van der Waals surface area contributed by atoms with Crippen LogP contribution >= 0.6 is 0 Å². The number of ether oxygens (including phenoxy) is 1. The third-order valence-corrected chi connectivity index (χ3v) is 8.08. The van der Waals surface area contributed by atoms with E-state index >= 15 is 0 Å². The first-order valence-corrected chi connectivity index (χ1v) is 13.3. The lowest BCUT2D eigenvalue weighted by Gasteiger charge is -2.40. The summed E-state index contributed by atoms with van der Waals surface area (Å²) < 4.78 is 44.9. The highest BCUT2D eigenvalue weighted by Crippen LogP contribution is 2.42. The number of fused-ring (bicyclic) bond motifs is 1.